The number of halogens is 3. The molecule has 11 heavy (non-hydrogen) atoms. The summed E-state index contributed by atoms with van der Waals surface area (Å²) in [5.41, 5.74) is 0. The van der Waals surface area contributed by atoms with Gasteiger partial charge in [-0.2, -0.15) is 0 Å². The predicted octanol–water partition coefficient (Wildman–Crippen LogP) is 4.02. The molecule has 68 valence electrons. The number of hydrogen-bond donors (Lipinski definition) is 0. The van der Waals surface area contributed by atoms with Gasteiger partial charge in [-0.25, -0.2) is 0 Å². The van der Waals surface area contributed by atoms with Crippen LogP contribution >= 0.6 is 34.8 Å². The Balaban J connectivity index is 3.10. The summed E-state index contributed by atoms with van der Waals surface area (Å²) in [6.45, 7) is 1.93. The number of alkyl halides is 3. The molecule has 0 aromatic carbocycles. The first kappa shape index (κ1) is 11.9. The Morgan fingerprint density at radius 2 is 1.73 bits per heavy atom. The van der Waals surface area contributed by atoms with Crippen LogP contribution in [0.1, 0.15) is 32.6 Å². The SMILES string of the molecule is CC(Cl)C(Cl)CCCCCCl. The summed E-state index contributed by atoms with van der Waals surface area (Å²) in [7, 11) is 0. The van der Waals surface area contributed by atoms with Crippen LogP contribution in [0.5, 0.6) is 0 Å². The fraction of sp³-hybridized carbons (Fsp3) is 1.00. The summed E-state index contributed by atoms with van der Waals surface area (Å²) in [4.78, 5) is 0. The molecule has 0 fully saturated rings. The van der Waals surface area contributed by atoms with Crippen LogP contribution in [0.3, 0.4) is 0 Å². The summed E-state index contributed by atoms with van der Waals surface area (Å²) in [5, 5.41) is 0.194. The minimum absolute atomic E-state index is 0.0765. The Bertz CT molecular complexity index is 83.4. The largest absolute Gasteiger partial charge is 0.127 e. The van der Waals surface area contributed by atoms with Crippen LogP contribution in [0.25, 0.3) is 0 Å². The van der Waals surface area contributed by atoms with E-state index in [-0.39, 0.29) is 10.8 Å². The molecule has 0 spiro atoms. The lowest BCUT2D eigenvalue weighted by atomic mass is 10.1. The van der Waals surface area contributed by atoms with Gasteiger partial charge in [0.25, 0.3) is 0 Å². The molecule has 0 aromatic heterocycles. The van der Waals surface area contributed by atoms with E-state index < -0.39 is 0 Å². The fourth-order valence-electron chi connectivity index (χ4n) is 0.840. The van der Waals surface area contributed by atoms with Gasteiger partial charge in [-0.15, -0.1) is 34.8 Å². The van der Waals surface area contributed by atoms with Crippen molar-refractivity contribution in [3.63, 3.8) is 0 Å². The van der Waals surface area contributed by atoms with Gasteiger partial charge >= 0.3 is 0 Å². The third kappa shape index (κ3) is 7.24. The molecule has 3 heteroatoms. The highest BCUT2D eigenvalue weighted by atomic mass is 35.5. The topological polar surface area (TPSA) is 0 Å². The van der Waals surface area contributed by atoms with Crippen LogP contribution in [0.2, 0.25) is 0 Å². The first-order valence-corrected chi connectivity index (χ1v) is 5.43. The molecule has 0 radical (unpaired) electrons. The van der Waals surface area contributed by atoms with Crippen molar-refractivity contribution in [3.8, 4) is 0 Å². The van der Waals surface area contributed by atoms with Crippen molar-refractivity contribution in [2.75, 3.05) is 5.88 Å². The average Bonchev–Trinajstić information content (AvgIpc) is 1.97. The van der Waals surface area contributed by atoms with Crippen molar-refractivity contribution in [2.24, 2.45) is 0 Å². The Morgan fingerprint density at radius 1 is 1.09 bits per heavy atom. The van der Waals surface area contributed by atoms with Crippen molar-refractivity contribution in [3.05, 3.63) is 0 Å². The zero-order chi connectivity index (χ0) is 8.69. The van der Waals surface area contributed by atoms with Gasteiger partial charge in [0.15, 0.2) is 0 Å². The van der Waals surface area contributed by atoms with Gasteiger partial charge in [0.05, 0.1) is 0 Å². The zero-order valence-electron chi connectivity index (χ0n) is 6.82. The Hall–Kier alpha value is 0.870. The van der Waals surface area contributed by atoms with E-state index in [9.17, 15) is 0 Å². The zero-order valence-corrected chi connectivity index (χ0v) is 9.09. The van der Waals surface area contributed by atoms with Crippen molar-refractivity contribution < 1.29 is 0 Å². The van der Waals surface area contributed by atoms with Crippen molar-refractivity contribution in [1.82, 2.24) is 0 Å². The standard InChI is InChI=1S/C8H15Cl3/c1-7(10)8(11)5-3-2-4-6-9/h7-8H,2-6H2,1H3. The van der Waals surface area contributed by atoms with Gasteiger partial charge in [0.2, 0.25) is 0 Å². The fourth-order valence-corrected chi connectivity index (χ4v) is 1.31. The maximum absolute atomic E-state index is 5.93. The number of rotatable bonds is 6. The van der Waals surface area contributed by atoms with Gasteiger partial charge in [-0.1, -0.05) is 12.8 Å². The Kier molecular flexibility index (Phi) is 8.11. The Morgan fingerprint density at radius 3 is 2.18 bits per heavy atom. The van der Waals surface area contributed by atoms with Crippen LogP contribution in [-0.2, 0) is 0 Å². The van der Waals surface area contributed by atoms with Gasteiger partial charge in [-0.3, -0.25) is 0 Å². The highest BCUT2D eigenvalue weighted by Crippen LogP contribution is 2.16. The third-order valence-corrected chi connectivity index (χ3v) is 2.91. The molecule has 0 nitrogen and oxygen atoms in total. The summed E-state index contributed by atoms with van der Waals surface area (Å²) in [6, 6.07) is 0. The number of unbranched alkanes of at least 4 members (excludes halogenated alkanes) is 2. The average molecular weight is 218 g/mol. The molecule has 0 bridgehead atoms. The maximum Gasteiger partial charge on any atom is 0.0497 e. The maximum atomic E-state index is 5.93. The highest BCUT2D eigenvalue weighted by Gasteiger charge is 2.09. The molecule has 0 heterocycles. The second-order valence-corrected chi connectivity index (χ2v) is 4.36. The van der Waals surface area contributed by atoms with E-state index in [1.807, 2.05) is 6.92 Å². The van der Waals surface area contributed by atoms with Crippen LogP contribution in [-0.4, -0.2) is 16.6 Å². The molecule has 0 aliphatic rings. The molecule has 0 aliphatic heterocycles. The molecule has 0 saturated carbocycles. The second kappa shape index (κ2) is 7.52. The van der Waals surface area contributed by atoms with E-state index in [4.69, 9.17) is 34.8 Å². The summed E-state index contributed by atoms with van der Waals surface area (Å²) in [5.74, 6) is 0.753. The third-order valence-electron chi connectivity index (χ3n) is 1.61. The molecular formula is C8H15Cl3. The van der Waals surface area contributed by atoms with Crippen molar-refractivity contribution in [1.29, 1.82) is 0 Å². The second-order valence-electron chi connectivity index (χ2n) is 2.73. The summed E-state index contributed by atoms with van der Waals surface area (Å²) in [6.07, 6.45) is 4.39. The lowest BCUT2D eigenvalue weighted by molar-refractivity contribution is 0.635. The molecule has 0 aliphatic carbocycles. The smallest absolute Gasteiger partial charge is 0.0497 e. The lowest BCUT2D eigenvalue weighted by Crippen LogP contribution is -2.10. The normalized spacial score (nSPS) is 16.4. The molecule has 0 rings (SSSR count). The van der Waals surface area contributed by atoms with E-state index in [1.54, 1.807) is 0 Å². The van der Waals surface area contributed by atoms with E-state index in [0.717, 1.165) is 31.6 Å². The molecule has 2 unspecified atom stereocenters. The molecule has 0 N–H and O–H groups in total. The first-order chi connectivity index (χ1) is 5.18. The lowest BCUT2D eigenvalue weighted by Gasteiger charge is -2.10. The minimum Gasteiger partial charge on any atom is -0.127 e. The van der Waals surface area contributed by atoms with Gasteiger partial charge in [0.1, 0.15) is 0 Å². The molecule has 2 atom stereocenters. The van der Waals surface area contributed by atoms with Crippen LogP contribution in [0.15, 0.2) is 0 Å². The van der Waals surface area contributed by atoms with E-state index in [1.165, 1.54) is 0 Å². The Labute approximate surface area is 84.2 Å². The first-order valence-electron chi connectivity index (χ1n) is 4.02. The highest BCUT2D eigenvalue weighted by molar-refractivity contribution is 6.29. The summed E-state index contributed by atoms with van der Waals surface area (Å²) >= 11 is 17.2. The molecule has 0 aromatic rings. The van der Waals surface area contributed by atoms with Crippen molar-refractivity contribution in [2.45, 2.75) is 43.4 Å². The summed E-state index contributed by atoms with van der Waals surface area (Å²) < 4.78 is 0. The minimum atomic E-state index is 0.0765. The van der Waals surface area contributed by atoms with E-state index in [2.05, 4.69) is 0 Å². The molecular weight excluding hydrogens is 202 g/mol. The van der Waals surface area contributed by atoms with Crippen LogP contribution < -0.4 is 0 Å². The quantitative estimate of drug-likeness (QED) is 0.466. The van der Waals surface area contributed by atoms with Crippen LogP contribution in [0.4, 0.5) is 0 Å². The molecule has 0 saturated heterocycles. The van der Waals surface area contributed by atoms with E-state index in [0.29, 0.717) is 0 Å². The predicted molar refractivity (Wildman–Crippen MR) is 54.1 cm³/mol. The number of hydrogen-bond acceptors (Lipinski definition) is 0. The van der Waals surface area contributed by atoms with Gasteiger partial charge < -0.3 is 0 Å². The van der Waals surface area contributed by atoms with Crippen LogP contribution in [0, 0.1) is 0 Å². The van der Waals surface area contributed by atoms with E-state index >= 15 is 0 Å². The molecule has 0 amide bonds. The van der Waals surface area contributed by atoms with Gasteiger partial charge in [0, 0.05) is 16.6 Å². The van der Waals surface area contributed by atoms with Gasteiger partial charge in [-0.05, 0) is 19.8 Å². The monoisotopic (exact) mass is 216 g/mol. The van der Waals surface area contributed by atoms with Crippen molar-refractivity contribution >= 4 is 34.8 Å².